The highest BCUT2D eigenvalue weighted by Gasteiger charge is 2.27. The van der Waals surface area contributed by atoms with Gasteiger partial charge in [0.25, 0.3) is 0 Å². The topological polar surface area (TPSA) is 32.3 Å². The van der Waals surface area contributed by atoms with E-state index in [1.165, 1.54) is 16.7 Å². The molecule has 1 aliphatic heterocycles. The average Bonchev–Trinajstić information content (AvgIpc) is 2.28. The van der Waals surface area contributed by atoms with Gasteiger partial charge in [-0.3, -0.25) is 4.79 Å². The number of carbonyl (C=O) groups excluding carboxylic acids is 1. The Labute approximate surface area is 109 Å². The first kappa shape index (κ1) is 13.1. The number of hydrogen-bond donors (Lipinski definition) is 1. The van der Waals surface area contributed by atoms with E-state index in [-0.39, 0.29) is 11.8 Å². The van der Waals surface area contributed by atoms with Gasteiger partial charge in [-0.05, 0) is 37.0 Å². The third-order valence-electron chi connectivity index (χ3n) is 3.81. The molecular weight excluding hydrogens is 224 g/mol. The van der Waals surface area contributed by atoms with Gasteiger partial charge in [-0.1, -0.05) is 18.2 Å². The number of carbonyl (C=O) groups is 1. The summed E-state index contributed by atoms with van der Waals surface area (Å²) in [5, 5.41) is 3.14. The van der Waals surface area contributed by atoms with Gasteiger partial charge in [0.1, 0.15) is 0 Å². The Balaban J connectivity index is 1.86. The molecule has 1 amide bonds. The van der Waals surface area contributed by atoms with E-state index in [9.17, 15) is 4.79 Å². The highest BCUT2D eigenvalue weighted by Crippen LogP contribution is 2.12. The van der Waals surface area contributed by atoms with E-state index < -0.39 is 0 Å². The lowest BCUT2D eigenvalue weighted by Gasteiger charge is -2.30. The molecule has 3 heteroatoms. The van der Waals surface area contributed by atoms with Crippen molar-refractivity contribution in [3.8, 4) is 0 Å². The van der Waals surface area contributed by atoms with E-state index in [0.717, 1.165) is 26.1 Å². The van der Waals surface area contributed by atoms with Gasteiger partial charge < -0.3 is 10.2 Å². The van der Waals surface area contributed by atoms with Crippen molar-refractivity contribution in [2.45, 2.75) is 20.3 Å². The summed E-state index contributed by atoms with van der Waals surface area (Å²) < 4.78 is 0. The van der Waals surface area contributed by atoms with Crippen LogP contribution < -0.4 is 5.32 Å². The summed E-state index contributed by atoms with van der Waals surface area (Å²) in [4.78, 5) is 13.8. The lowest BCUT2D eigenvalue weighted by Crippen LogP contribution is -2.51. The lowest BCUT2D eigenvalue weighted by molar-refractivity contribution is -0.135. The lowest BCUT2D eigenvalue weighted by atomic mass is 10.0. The van der Waals surface area contributed by atoms with E-state index >= 15 is 0 Å². The molecule has 1 saturated heterocycles. The smallest absolute Gasteiger partial charge is 0.228 e. The van der Waals surface area contributed by atoms with Crippen molar-refractivity contribution in [1.29, 1.82) is 0 Å². The highest BCUT2D eigenvalue weighted by atomic mass is 16.2. The van der Waals surface area contributed by atoms with Crippen molar-refractivity contribution in [3.05, 3.63) is 34.9 Å². The van der Waals surface area contributed by atoms with Crippen LogP contribution in [0.25, 0.3) is 0 Å². The molecule has 1 N–H and O–H groups in total. The van der Waals surface area contributed by atoms with Gasteiger partial charge in [-0.15, -0.1) is 0 Å². The summed E-state index contributed by atoms with van der Waals surface area (Å²) in [5.41, 5.74) is 3.96. The molecular formula is C15H22N2O. The van der Waals surface area contributed by atoms with Gasteiger partial charge >= 0.3 is 0 Å². The molecule has 0 saturated carbocycles. The van der Waals surface area contributed by atoms with Crippen molar-refractivity contribution >= 4 is 5.91 Å². The van der Waals surface area contributed by atoms with Crippen LogP contribution in [-0.2, 0) is 11.2 Å². The Morgan fingerprint density at radius 1 is 1.33 bits per heavy atom. The zero-order valence-electron chi connectivity index (χ0n) is 11.5. The molecule has 1 aromatic carbocycles. The molecule has 0 spiro atoms. The SMILES string of the molecule is Cc1ccc(CCN(C)C(=O)C2CNC2)cc1C. The van der Waals surface area contributed by atoms with Crippen molar-refractivity contribution in [1.82, 2.24) is 10.2 Å². The fraction of sp³-hybridized carbons (Fsp3) is 0.533. The number of aryl methyl sites for hydroxylation is 2. The standard InChI is InChI=1S/C15H22N2O/c1-11-4-5-13(8-12(11)2)6-7-17(3)15(18)14-9-16-10-14/h4-5,8,14,16H,6-7,9-10H2,1-3H3. The maximum absolute atomic E-state index is 12.0. The van der Waals surface area contributed by atoms with Gasteiger partial charge in [0.15, 0.2) is 0 Å². The maximum Gasteiger partial charge on any atom is 0.228 e. The highest BCUT2D eigenvalue weighted by molar-refractivity contribution is 5.79. The zero-order valence-corrected chi connectivity index (χ0v) is 11.5. The Morgan fingerprint density at radius 3 is 2.61 bits per heavy atom. The molecule has 0 radical (unpaired) electrons. The molecule has 1 aliphatic rings. The first-order valence-electron chi connectivity index (χ1n) is 6.60. The van der Waals surface area contributed by atoms with Gasteiger partial charge in [0.2, 0.25) is 5.91 Å². The van der Waals surface area contributed by atoms with Crippen LogP contribution in [-0.4, -0.2) is 37.5 Å². The Hall–Kier alpha value is -1.35. The quantitative estimate of drug-likeness (QED) is 0.873. The summed E-state index contributed by atoms with van der Waals surface area (Å²) in [6.45, 7) is 6.74. The summed E-state index contributed by atoms with van der Waals surface area (Å²) in [6, 6.07) is 6.53. The third kappa shape index (κ3) is 2.91. The molecule has 0 aliphatic carbocycles. The van der Waals surface area contributed by atoms with E-state index in [1.54, 1.807) is 0 Å². The van der Waals surface area contributed by atoms with Gasteiger partial charge in [0, 0.05) is 26.7 Å². The van der Waals surface area contributed by atoms with Crippen LogP contribution in [0.2, 0.25) is 0 Å². The predicted octanol–water partition coefficient (Wildman–Crippen LogP) is 1.52. The zero-order chi connectivity index (χ0) is 13.1. The van der Waals surface area contributed by atoms with E-state index in [2.05, 4.69) is 37.4 Å². The summed E-state index contributed by atoms with van der Waals surface area (Å²) in [6.07, 6.45) is 0.934. The normalized spacial score (nSPS) is 15.3. The summed E-state index contributed by atoms with van der Waals surface area (Å²) >= 11 is 0. The molecule has 3 nitrogen and oxygen atoms in total. The molecule has 2 rings (SSSR count). The summed E-state index contributed by atoms with van der Waals surface area (Å²) in [5.74, 6) is 0.479. The number of rotatable bonds is 4. The molecule has 1 heterocycles. The minimum Gasteiger partial charge on any atom is -0.345 e. The van der Waals surface area contributed by atoms with Crippen LogP contribution >= 0.6 is 0 Å². The van der Waals surface area contributed by atoms with E-state index in [1.807, 2.05) is 11.9 Å². The van der Waals surface area contributed by atoms with Crippen LogP contribution in [0.1, 0.15) is 16.7 Å². The predicted molar refractivity (Wildman–Crippen MR) is 73.6 cm³/mol. The maximum atomic E-state index is 12.0. The van der Waals surface area contributed by atoms with Crippen LogP contribution in [0, 0.1) is 19.8 Å². The number of benzene rings is 1. The molecule has 0 atom stereocenters. The van der Waals surface area contributed by atoms with Crippen LogP contribution in [0.4, 0.5) is 0 Å². The van der Waals surface area contributed by atoms with Crippen LogP contribution in [0.15, 0.2) is 18.2 Å². The van der Waals surface area contributed by atoms with Crippen molar-refractivity contribution in [2.75, 3.05) is 26.7 Å². The first-order chi connectivity index (χ1) is 8.58. The number of nitrogens with one attached hydrogen (secondary N) is 1. The van der Waals surface area contributed by atoms with E-state index in [0.29, 0.717) is 0 Å². The summed E-state index contributed by atoms with van der Waals surface area (Å²) in [7, 11) is 1.90. The fourth-order valence-corrected chi connectivity index (χ4v) is 2.14. The first-order valence-corrected chi connectivity index (χ1v) is 6.60. The van der Waals surface area contributed by atoms with Gasteiger partial charge in [-0.2, -0.15) is 0 Å². The molecule has 0 bridgehead atoms. The molecule has 18 heavy (non-hydrogen) atoms. The average molecular weight is 246 g/mol. The number of hydrogen-bond acceptors (Lipinski definition) is 2. The number of likely N-dealkylation sites (N-methyl/N-ethyl adjacent to an activating group) is 1. The number of amides is 1. The minimum absolute atomic E-state index is 0.203. The third-order valence-corrected chi connectivity index (χ3v) is 3.81. The second kappa shape index (κ2) is 5.53. The molecule has 1 aromatic rings. The molecule has 1 fully saturated rings. The van der Waals surface area contributed by atoms with Crippen LogP contribution in [0.5, 0.6) is 0 Å². The Kier molecular flexibility index (Phi) is 4.02. The monoisotopic (exact) mass is 246 g/mol. The van der Waals surface area contributed by atoms with Gasteiger partial charge in [0.05, 0.1) is 5.92 Å². The minimum atomic E-state index is 0.203. The van der Waals surface area contributed by atoms with Gasteiger partial charge in [-0.25, -0.2) is 0 Å². The Morgan fingerprint density at radius 2 is 2.06 bits per heavy atom. The van der Waals surface area contributed by atoms with Crippen LogP contribution in [0.3, 0.4) is 0 Å². The van der Waals surface area contributed by atoms with Crippen molar-refractivity contribution < 1.29 is 4.79 Å². The van der Waals surface area contributed by atoms with E-state index in [4.69, 9.17) is 0 Å². The second-order valence-electron chi connectivity index (χ2n) is 5.28. The Bertz CT molecular complexity index is 438. The largest absolute Gasteiger partial charge is 0.345 e. The molecule has 0 aromatic heterocycles. The fourth-order valence-electron chi connectivity index (χ4n) is 2.14. The van der Waals surface area contributed by atoms with Crippen molar-refractivity contribution in [2.24, 2.45) is 5.92 Å². The molecule has 0 unspecified atom stereocenters. The van der Waals surface area contributed by atoms with Crippen molar-refractivity contribution in [3.63, 3.8) is 0 Å². The number of nitrogens with zero attached hydrogens (tertiary/aromatic N) is 1. The molecule has 98 valence electrons. The second-order valence-corrected chi connectivity index (χ2v) is 5.28.